The largest absolute Gasteiger partial charge is 0.443 e. The molecule has 0 unspecified atom stereocenters. The quantitative estimate of drug-likeness (QED) is 0.629. The third-order valence-electron chi connectivity index (χ3n) is 1.10. The van der Waals surface area contributed by atoms with Gasteiger partial charge in [-0.25, -0.2) is 9.97 Å². The van der Waals surface area contributed by atoms with Crippen LogP contribution in [0.5, 0.6) is 0 Å². The molecule has 0 spiro atoms. The Morgan fingerprint density at radius 3 is 3.20 bits per heavy atom. The first-order chi connectivity index (χ1) is 4.97. The summed E-state index contributed by atoms with van der Waals surface area (Å²) in [6, 6.07) is 0. The van der Waals surface area contributed by atoms with Gasteiger partial charge in [-0.15, -0.1) is 0 Å². The zero-order valence-corrected chi connectivity index (χ0v) is 5.03. The lowest BCUT2D eigenvalue weighted by molar-refractivity contribution is 0.572. The smallest absolute Gasteiger partial charge is 0.246 e. The van der Waals surface area contributed by atoms with Gasteiger partial charge < -0.3 is 9.40 Å². The van der Waals surface area contributed by atoms with Crippen molar-refractivity contribution in [2.45, 2.75) is 0 Å². The molecule has 0 atom stereocenters. The molecule has 0 saturated heterocycles. The summed E-state index contributed by atoms with van der Waals surface area (Å²) in [6.07, 6.45) is 7.29. The predicted octanol–water partition coefficient (Wildman–Crippen LogP) is 0.865. The normalized spacial score (nSPS) is 10.0. The van der Waals surface area contributed by atoms with Crippen LogP contribution in [0.15, 0.2) is 23.1 Å². The van der Waals surface area contributed by atoms with E-state index in [2.05, 4.69) is 21.3 Å². The van der Waals surface area contributed by atoms with Crippen molar-refractivity contribution in [1.29, 1.82) is 0 Å². The second-order valence-electron chi connectivity index (χ2n) is 1.73. The van der Waals surface area contributed by atoms with Gasteiger partial charge in [-0.2, -0.15) is 0 Å². The standard InChI is InChI=1S/C6H4N3O/c1-2-10-6(8-1)5-3-7-4-9-5/h1-3H,(H,7,9). The number of aromatic amines is 1. The van der Waals surface area contributed by atoms with E-state index < -0.39 is 0 Å². The fourth-order valence-electron chi connectivity index (χ4n) is 0.685. The summed E-state index contributed by atoms with van der Waals surface area (Å²) in [7, 11) is 0. The Morgan fingerprint density at radius 1 is 1.60 bits per heavy atom. The fourth-order valence-corrected chi connectivity index (χ4v) is 0.685. The molecule has 1 N–H and O–H groups in total. The highest BCUT2D eigenvalue weighted by Crippen LogP contribution is 2.10. The summed E-state index contributed by atoms with van der Waals surface area (Å²) in [5, 5.41) is 0. The molecule has 4 heteroatoms. The fraction of sp³-hybridized carbons (Fsp3) is 0. The zero-order chi connectivity index (χ0) is 6.81. The molecule has 2 rings (SSSR count). The molecular weight excluding hydrogens is 130 g/mol. The van der Waals surface area contributed by atoms with Crippen molar-refractivity contribution in [2.24, 2.45) is 0 Å². The van der Waals surface area contributed by atoms with Gasteiger partial charge in [-0.05, 0) is 0 Å². The van der Waals surface area contributed by atoms with Crippen LogP contribution in [-0.4, -0.2) is 15.0 Å². The van der Waals surface area contributed by atoms with Gasteiger partial charge in [0.2, 0.25) is 5.89 Å². The van der Waals surface area contributed by atoms with E-state index in [0.29, 0.717) is 11.6 Å². The van der Waals surface area contributed by atoms with Crippen LogP contribution < -0.4 is 0 Å². The first kappa shape index (κ1) is 5.22. The molecule has 1 radical (unpaired) electrons. The minimum absolute atomic E-state index is 0.512. The second kappa shape index (κ2) is 1.98. The van der Waals surface area contributed by atoms with E-state index >= 15 is 0 Å². The molecule has 2 aromatic heterocycles. The topological polar surface area (TPSA) is 54.7 Å². The first-order valence-electron chi connectivity index (χ1n) is 2.78. The van der Waals surface area contributed by atoms with E-state index in [-0.39, 0.29) is 0 Å². The van der Waals surface area contributed by atoms with Gasteiger partial charge in [0.15, 0.2) is 6.33 Å². The second-order valence-corrected chi connectivity index (χ2v) is 1.73. The van der Waals surface area contributed by atoms with Crippen molar-refractivity contribution in [2.75, 3.05) is 0 Å². The Kier molecular flexibility index (Phi) is 1.04. The van der Waals surface area contributed by atoms with E-state index in [4.69, 9.17) is 4.42 Å². The Bertz CT molecular complexity index is 252. The minimum Gasteiger partial charge on any atom is -0.443 e. The van der Waals surface area contributed by atoms with Crippen molar-refractivity contribution in [3.05, 3.63) is 25.0 Å². The Morgan fingerprint density at radius 2 is 2.60 bits per heavy atom. The molecule has 4 nitrogen and oxygen atoms in total. The maximum Gasteiger partial charge on any atom is 0.246 e. The number of hydrogen-bond acceptors (Lipinski definition) is 3. The van der Waals surface area contributed by atoms with Crippen molar-refractivity contribution in [3.8, 4) is 11.6 Å². The number of nitrogens with zero attached hydrogens (tertiary/aromatic N) is 2. The van der Waals surface area contributed by atoms with Gasteiger partial charge in [-0.3, -0.25) is 0 Å². The van der Waals surface area contributed by atoms with E-state index in [1.807, 2.05) is 0 Å². The molecule has 0 fully saturated rings. The van der Waals surface area contributed by atoms with Crippen molar-refractivity contribution in [1.82, 2.24) is 15.0 Å². The number of H-pyrrole nitrogens is 1. The van der Waals surface area contributed by atoms with E-state index in [1.54, 1.807) is 12.4 Å². The lowest BCUT2D eigenvalue weighted by Gasteiger charge is -1.81. The van der Waals surface area contributed by atoms with Crippen LogP contribution in [0.25, 0.3) is 11.6 Å². The van der Waals surface area contributed by atoms with Gasteiger partial charge in [0.1, 0.15) is 12.0 Å². The number of imidazole rings is 1. The van der Waals surface area contributed by atoms with Crippen molar-refractivity contribution >= 4 is 0 Å². The number of nitrogens with one attached hydrogen (secondary N) is 1. The van der Waals surface area contributed by atoms with E-state index in [0.717, 1.165) is 0 Å². The lowest BCUT2D eigenvalue weighted by atomic mass is 10.5. The summed E-state index contributed by atoms with van der Waals surface area (Å²) in [4.78, 5) is 10.4. The number of rotatable bonds is 1. The average molecular weight is 134 g/mol. The molecule has 0 aromatic carbocycles. The van der Waals surface area contributed by atoms with Crippen LogP contribution in [0.1, 0.15) is 0 Å². The maximum atomic E-state index is 4.96. The first-order valence-corrected chi connectivity index (χ1v) is 2.78. The highest BCUT2D eigenvalue weighted by atomic mass is 16.3. The summed E-state index contributed by atoms with van der Waals surface area (Å²) in [6.45, 7) is 0. The molecule has 0 aliphatic carbocycles. The van der Waals surface area contributed by atoms with Gasteiger partial charge in [0, 0.05) is 6.20 Å². The molecule has 0 amide bonds. The zero-order valence-electron chi connectivity index (χ0n) is 5.03. The molecule has 10 heavy (non-hydrogen) atoms. The van der Waals surface area contributed by atoms with Crippen LogP contribution in [0, 0.1) is 6.33 Å². The Labute approximate surface area is 56.9 Å². The van der Waals surface area contributed by atoms with Gasteiger partial charge in [-0.1, -0.05) is 0 Å². The average Bonchev–Trinajstić information content (AvgIpc) is 2.59. The molecule has 0 aliphatic rings. The lowest BCUT2D eigenvalue weighted by Crippen LogP contribution is -1.73. The molecule has 0 bridgehead atoms. The van der Waals surface area contributed by atoms with Crippen molar-refractivity contribution in [3.63, 3.8) is 0 Å². The molecule has 49 valence electrons. The highest BCUT2D eigenvalue weighted by molar-refractivity contribution is 5.43. The van der Waals surface area contributed by atoms with Gasteiger partial charge >= 0.3 is 0 Å². The minimum atomic E-state index is 0.512. The van der Waals surface area contributed by atoms with Gasteiger partial charge in [0.05, 0.1) is 6.20 Å². The molecule has 2 aromatic rings. The number of oxazole rings is 1. The number of aromatic nitrogens is 3. The number of hydrogen-bond donors (Lipinski definition) is 1. The summed E-state index contributed by atoms with van der Waals surface area (Å²) >= 11 is 0. The Hall–Kier alpha value is -1.58. The maximum absolute atomic E-state index is 4.96. The third-order valence-corrected chi connectivity index (χ3v) is 1.10. The van der Waals surface area contributed by atoms with Crippen molar-refractivity contribution < 1.29 is 4.42 Å². The van der Waals surface area contributed by atoms with Crippen LogP contribution in [-0.2, 0) is 0 Å². The summed E-state index contributed by atoms with van der Waals surface area (Å²) < 4.78 is 4.96. The van der Waals surface area contributed by atoms with E-state index in [1.165, 1.54) is 6.26 Å². The molecule has 2 heterocycles. The van der Waals surface area contributed by atoms with Gasteiger partial charge in [0.25, 0.3) is 0 Å². The third kappa shape index (κ3) is 0.699. The van der Waals surface area contributed by atoms with Crippen LogP contribution in [0.2, 0.25) is 0 Å². The summed E-state index contributed by atoms with van der Waals surface area (Å²) in [5.41, 5.74) is 0.671. The molecule has 0 aliphatic heterocycles. The monoisotopic (exact) mass is 134 g/mol. The molecular formula is C6H4N3O. The van der Waals surface area contributed by atoms with E-state index in [9.17, 15) is 0 Å². The predicted molar refractivity (Wildman–Crippen MR) is 32.9 cm³/mol. The van der Waals surface area contributed by atoms with Crippen LogP contribution in [0.4, 0.5) is 0 Å². The highest BCUT2D eigenvalue weighted by Gasteiger charge is 2.01. The molecule has 0 saturated carbocycles. The van der Waals surface area contributed by atoms with Crippen LogP contribution in [0.3, 0.4) is 0 Å². The Balaban J connectivity index is 2.48. The summed E-state index contributed by atoms with van der Waals surface area (Å²) in [5.74, 6) is 0.512. The van der Waals surface area contributed by atoms with Crippen LogP contribution >= 0.6 is 0 Å². The SMILES string of the molecule is [c]1nc(-c2ncco2)c[nH]1.